The molecule has 4 heterocycles. The number of pyridine rings is 2. The van der Waals surface area contributed by atoms with Crippen molar-refractivity contribution in [2.45, 2.75) is 0 Å². The molecule has 0 radical (unpaired) electrons. The molecule has 0 aliphatic rings. The monoisotopic (exact) mass is 722 g/mol. The molecule has 1 N–H and O–H groups in total. The topological polar surface area (TPSA) is 107 Å². The van der Waals surface area contributed by atoms with Crippen LogP contribution in [-0.4, -0.2) is 51.4 Å². The van der Waals surface area contributed by atoms with Gasteiger partial charge in [-0.3, -0.25) is 0 Å². The molecule has 0 spiro atoms. The highest BCUT2D eigenvalue weighted by Crippen LogP contribution is 2.19. The summed E-state index contributed by atoms with van der Waals surface area (Å²) in [6.45, 7) is 0.0129. The minimum atomic E-state index is -0.153. The van der Waals surface area contributed by atoms with Gasteiger partial charge in [0.15, 0.2) is 16.9 Å². The van der Waals surface area contributed by atoms with Crippen molar-refractivity contribution in [1.29, 1.82) is 0 Å². The molecule has 4 aromatic rings. The highest BCUT2D eigenvalue weighted by molar-refractivity contribution is 9.69. The number of aliphatic hydroxyl groups is 1. The van der Waals surface area contributed by atoms with Crippen LogP contribution in [0.15, 0.2) is 36.9 Å². The Morgan fingerprint density at radius 1 is 0.857 bits per heavy atom. The van der Waals surface area contributed by atoms with E-state index in [4.69, 9.17) is 51.1 Å². The van der Waals surface area contributed by atoms with Crippen LogP contribution in [0.1, 0.15) is 0 Å². The van der Waals surface area contributed by atoms with Gasteiger partial charge in [0.05, 0.1) is 23.4 Å². The number of aliphatic hydroxyl groups excluding tert-OH is 1. The fourth-order valence-corrected chi connectivity index (χ4v) is 2.52. The van der Waals surface area contributed by atoms with Gasteiger partial charge < -0.3 is 9.84 Å². The van der Waals surface area contributed by atoms with Crippen LogP contribution < -0.4 is 4.74 Å². The Labute approximate surface area is 241 Å². The Morgan fingerprint density at radius 2 is 1.34 bits per heavy atom. The molecule has 0 unspecified atom stereocenters. The predicted octanol–water partition coefficient (Wildman–Crippen LogP) is 5.79. The van der Waals surface area contributed by atoms with Gasteiger partial charge in [0.1, 0.15) is 22.8 Å². The number of terminal acetylenes is 2. The molecule has 4 aromatic heterocycles. The average Bonchev–Trinajstić information content (AvgIpc) is 2.83. The first-order valence-corrected chi connectivity index (χ1v) is 12.8. The Morgan fingerprint density at radius 3 is 1.83 bits per heavy atom. The molecule has 0 aromatic carbocycles. The molecule has 4 rings (SSSR count). The second-order valence-corrected chi connectivity index (χ2v) is 13.0. The summed E-state index contributed by atoms with van der Waals surface area (Å²) in [7, 11) is 0. The molecular formula is C20H13BBr3Cl3N6O2. The number of rotatable bonds is 2. The van der Waals surface area contributed by atoms with Gasteiger partial charge in [-0.1, -0.05) is 46.6 Å². The lowest BCUT2D eigenvalue weighted by molar-refractivity contribution is 0.351. The number of aromatic nitrogens is 6. The lowest BCUT2D eigenvalue weighted by atomic mass is 10.4. The first-order valence-electron chi connectivity index (χ1n) is 8.96. The molecular weight excluding hydrogens is 713 g/mol. The zero-order chi connectivity index (χ0) is 26.2. The van der Waals surface area contributed by atoms with Crippen molar-refractivity contribution in [3.05, 3.63) is 52.4 Å². The second-order valence-electron chi connectivity index (χ2n) is 5.44. The quantitative estimate of drug-likeness (QED) is 0.157. The van der Waals surface area contributed by atoms with Gasteiger partial charge in [-0.25, -0.2) is 29.9 Å². The summed E-state index contributed by atoms with van der Waals surface area (Å²) < 4.78 is 5.40. The fourth-order valence-electron chi connectivity index (χ4n) is 1.97. The van der Waals surface area contributed by atoms with Crippen molar-refractivity contribution in [2.24, 2.45) is 0 Å². The number of nitrogens with zero attached hydrogens (tertiary/aromatic N) is 6. The van der Waals surface area contributed by atoms with Crippen LogP contribution in [0.4, 0.5) is 0 Å². The molecule has 0 bridgehead atoms. The van der Waals surface area contributed by atoms with Gasteiger partial charge in [-0.05, 0) is 12.1 Å². The molecule has 0 aliphatic heterocycles. The molecule has 0 atom stereocenters. The number of fused-ring (bicyclic) bond motifs is 2. The van der Waals surface area contributed by atoms with Crippen LogP contribution in [-0.2, 0) is 0 Å². The first kappa shape index (κ1) is 31.3. The highest BCUT2D eigenvalue weighted by Gasteiger charge is 2.04. The van der Waals surface area contributed by atoms with Crippen molar-refractivity contribution in [3.63, 3.8) is 0 Å². The van der Waals surface area contributed by atoms with Gasteiger partial charge in [0.25, 0.3) is 0 Å². The summed E-state index contributed by atoms with van der Waals surface area (Å²) in [4.78, 5) is 24.0. The smallest absolute Gasteiger partial charge is 0.369 e. The summed E-state index contributed by atoms with van der Waals surface area (Å²) >= 11 is 26.5. The largest absolute Gasteiger partial charge is 0.463 e. The SMILES string of the molecule is BrB(Br)Br.C#CCO.C#CCOc1cnc2c(Cl)nccc2n1.Clc1cnc2c(Cl)nccc2n1. The van der Waals surface area contributed by atoms with Crippen molar-refractivity contribution in [3.8, 4) is 30.6 Å². The van der Waals surface area contributed by atoms with E-state index in [1.54, 1.807) is 24.5 Å². The maximum Gasteiger partial charge on any atom is 0.369 e. The van der Waals surface area contributed by atoms with Gasteiger partial charge in [0.2, 0.25) is 5.88 Å². The Balaban J connectivity index is 0.000000273. The molecule has 0 saturated carbocycles. The maximum atomic E-state index is 7.64. The Hall–Kier alpha value is -1.77. The molecule has 8 nitrogen and oxygen atoms in total. The van der Waals surface area contributed by atoms with Crippen molar-refractivity contribution >= 4 is 107 Å². The molecule has 35 heavy (non-hydrogen) atoms. The van der Waals surface area contributed by atoms with E-state index in [9.17, 15) is 0 Å². The summed E-state index contributed by atoms with van der Waals surface area (Å²) in [6, 6.07) is 3.41. The van der Waals surface area contributed by atoms with Crippen molar-refractivity contribution in [2.75, 3.05) is 13.2 Å². The van der Waals surface area contributed by atoms with E-state index in [-0.39, 0.29) is 16.4 Å². The molecule has 0 aliphatic carbocycles. The standard InChI is InChI=1S/C10H6ClN3O.C7H3Cl2N3.C3H4O.BBr3/c1-2-5-15-8-6-13-9-7(14-8)3-4-12-10(9)11;8-5-3-11-6-4(12-5)1-2-10-7(6)9;1-2-3-4;2-1(3)4/h1,3-4,6H,5H2;1-3H;1,4H,3H2;. The van der Waals surface area contributed by atoms with Crippen LogP contribution in [0.5, 0.6) is 5.88 Å². The zero-order valence-corrected chi connectivity index (χ0v) is 24.4. The third kappa shape index (κ3) is 12.2. The third-order valence-corrected chi connectivity index (χ3v) is 3.91. The minimum absolute atomic E-state index is 0.153. The number of hydrogen-bond acceptors (Lipinski definition) is 8. The minimum Gasteiger partial charge on any atom is -0.463 e. The Bertz CT molecular complexity index is 1320. The molecule has 0 amide bonds. The number of ether oxygens (including phenoxy) is 1. The van der Waals surface area contributed by atoms with E-state index in [1.165, 1.54) is 12.4 Å². The van der Waals surface area contributed by atoms with Gasteiger partial charge in [-0.2, -0.15) is 0 Å². The average molecular weight is 726 g/mol. The van der Waals surface area contributed by atoms with Crippen molar-refractivity contribution < 1.29 is 9.84 Å². The normalized spacial score (nSPS) is 9.17. The second kappa shape index (κ2) is 17.6. The summed E-state index contributed by atoms with van der Waals surface area (Å²) in [5.74, 6) is 4.71. The van der Waals surface area contributed by atoms with E-state index < -0.39 is 0 Å². The highest BCUT2D eigenvalue weighted by atomic mass is 79.9. The lowest BCUT2D eigenvalue weighted by Gasteiger charge is -2.02. The van der Waals surface area contributed by atoms with Gasteiger partial charge in [0, 0.05) is 12.4 Å². The van der Waals surface area contributed by atoms with E-state index in [0.29, 0.717) is 43.4 Å². The van der Waals surface area contributed by atoms with Gasteiger partial charge >= 0.3 is 3.18 Å². The third-order valence-electron chi connectivity index (χ3n) is 3.17. The zero-order valence-electron chi connectivity index (χ0n) is 17.4. The predicted molar refractivity (Wildman–Crippen MR) is 152 cm³/mol. The van der Waals surface area contributed by atoms with E-state index in [0.717, 1.165) is 0 Å². The van der Waals surface area contributed by atoms with E-state index >= 15 is 0 Å². The van der Waals surface area contributed by atoms with E-state index in [2.05, 4.69) is 89.5 Å². The van der Waals surface area contributed by atoms with Crippen LogP contribution in [0.2, 0.25) is 15.5 Å². The van der Waals surface area contributed by atoms with Crippen LogP contribution >= 0.6 is 82.1 Å². The molecule has 0 fully saturated rings. The lowest BCUT2D eigenvalue weighted by Crippen LogP contribution is -1.97. The molecule has 0 saturated heterocycles. The number of hydrogen-bond donors (Lipinski definition) is 1. The van der Waals surface area contributed by atoms with Crippen LogP contribution in [0, 0.1) is 24.7 Å². The summed E-state index contributed by atoms with van der Waals surface area (Å²) in [5.41, 5.74) is 2.41. The fraction of sp³-hybridized carbons (Fsp3) is 0.100. The summed E-state index contributed by atoms with van der Waals surface area (Å²) in [6.07, 6.45) is 15.6. The van der Waals surface area contributed by atoms with Gasteiger partial charge in [-0.15, -0.1) is 60.1 Å². The Kier molecular flexibility index (Phi) is 15.7. The maximum absolute atomic E-state index is 7.64. The number of halogens is 6. The van der Waals surface area contributed by atoms with E-state index in [1.807, 2.05) is 5.92 Å². The van der Waals surface area contributed by atoms with Crippen molar-refractivity contribution in [1.82, 2.24) is 29.9 Å². The van der Waals surface area contributed by atoms with Crippen LogP contribution in [0.25, 0.3) is 22.1 Å². The summed E-state index contributed by atoms with van der Waals surface area (Å²) in [5, 5.41) is 8.66. The molecule has 15 heteroatoms. The molecule has 180 valence electrons. The first-order chi connectivity index (χ1) is 16.7. The van der Waals surface area contributed by atoms with Crippen LogP contribution in [0.3, 0.4) is 0 Å².